The molecule has 1 aliphatic heterocycles. The minimum atomic E-state index is -4.57. The molecule has 0 bridgehead atoms. The number of nitrogens with zero attached hydrogens (tertiary/aromatic N) is 2. The number of halogens is 5. The third kappa shape index (κ3) is 5.27. The third-order valence-corrected chi connectivity index (χ3v) is 6.71. The van der Waals surface area contributed by atoms with Crippen molar-refractivity contribution in [2.24, 2.45) is 5.92 Å². The van der Waals surface area contributed by atoms with Gasteiger partial charge in [-0.05, 0) is 48.7 Å². The number of rotatable bonds is 6. The van der Waals surface area contributed by atoms with Gasteiger partial charge in [0.25, 0.3) is 5.92 Å². The van der Waals surface area contributed by atoms with E-state index >= 15 is 0 Å². The second kappa shape index (κ2) is 9.30. The lowest BCUT2D eigenvalue weighted by Crippen LogP contribution is -2.32. The molecule has 36 heavy (non-hydrogen) atoms. The molecule has 3 aromatic rings. The molecule has 3 nitrogen and oxygen atoms in total. The Hall–Kier alpha value is -3.29. The quantitative estimate of drug-likeness (QED) is 0.324. The number of para-hydroxylation sites is 1. The first-order valence-electron chi connectivity index (χ1n) is 11.7. The summed E-state index contributed by atoms with van der Waals surface area (Å²) in [6.45, 7) is 4.36. The van der Waals surface area contributed by atoms with Gasteiger partial charge in [-0.3, -0.25) is 4.79 Å². The van der Waals surface area contributed by atoms with E-state index in [-0.39, 0.29) is 23.6 Å². The summed E-state index contributed by atoms with van der Waals surface area (Å²) in [5.74, 6) is -3.76. The summed E-state index contributed by atoms with van der Waals surface area (Å²) >= 11 is 0. The number of hydrogen-bond donors (Lipinski definition) is 0. The van der Waals surface area contributed by atoms with E-state index in [2.05, 4.69) is 4.98 Å². The molecule has 2 aromatic carbocycles. The maximum absolute atomic E-state index is 14.1. The molecule has 1 aromatic heterocycles. The second-order valence-corrected chi connectivity index (χ2v) is 10.00. The van der Waals surface area contributed by atoms with Crippen molar-refractivity contribution in [3.8, 4) is 0 Å². The topological polar surface area (TPSA) is 33.2 Å². The van der Waals surface area contributed by atoms with Gasteiger partial charge in [-0.15, -0.1) is 0 Å². The predicted octanol–water partition coefficient (Wildman–Crippen LogP) is 7.67. The van der Waals surface area contributed by atoms with Crippen LogP contribution in [0, 0.1) is 5.92 Å². The van der Waals surface area contributed by atoms with E-state index in [1.807, 2.05) is 6.07 Å². The van der Waals surface area contributed by atoms with Gasteiger partial charge in [-0.25, -0.2) is 13.8 Å². The zero-order chi connectivity index (χ0) is 26.3. The van der Waals surface area contributed by atoms with Crippen molar-refractivity contribution < 1.29 is 26.7 Å². The molecule has 1 aliphatic rings. The Bertz CT molecular complexity index is 1230. The number of benzene rings is 2. The van der Waals surface area contributed by atoms with Gasteiger partial charge in [-0.1, -0.05) is 56.3 Å². The minimum absolute atomic E-state index is 0.141. The molecule has 8 heteroatoms. The average Bonchev–Trinajstić information content (AvgIpc) is 3.14. The summed E-state index contributed by atoms with van der Waals surface area (Å²) in [7, 11) is 0. The first kappa shape index (κ1) is 25.8. The largest absolute Gasteiger partial charge is 0.433 e. The number of carbonyl (C=O) groups excluding carboxylic acids is 1. The first-order valence-corrected chi connectivity index (χ1v) is 11.7. The zero-order valence-corrected chi connectivity index (χ0v) is 20.2. The average molecular weight is 503 g/mol. The molecule has 2 heterocycles. The molecule has 1 fully saturated rings. The number of amides is 1. The highest BCUT2D eigenvalue weighted by molar-refractivity contribution is 5.98. The highest BCUT2D eigenvalue weighted by Gasteiger charge is 2.44. The van der Waals surface area contributed by atoms with E-state index < -0.39 is 35.2 Å². The molecular weight excluding hydrogens is 475 g/mol. The summed E-state index contributed by atoms with van der Waals surface area (Å²) in [5, 5.41) is 0. The van der Waals surface area contributed by atoms with Gasteiger partial charge < -0.3 is 4.90 Å². The predicted molar refractivity (Wildman–Crippen MR) is 128 cm³/mol. The molecule has 0 N–H and O–H groups in total. The fourth-order valence-electron chi connectivity index (χ4n) is 4.89. The minimum Gasteiger partial charge on any atom is -0.305 e. The molecule has 1 amide bonds. The normalized spacial score (nSPS) is 19.1. The van der Waals surface area contributed by atoms with Crippen LogP contribution in [0.1, 0.15) is 62.2 Å². The number of hydrogen-bond acceptors (Lipinski definition) is 2. The van der Waals surface area contributed by atoms with Crippen molar-refractivity contribution in [1.29, 1.82) is 0 Å². The van der Waals surface area contributed by atoms with Crippen LogP contribution in [0.2, 0.25) is 0 Å². The smallest absolute Gasteiger partial charge is 0.305 e. The Balaban J connectivity index is 1.69. The van der Waals surface area contributed by atoms with Gasteiger partial charge in [0.2, 0.25) is 5.91 Å². The van der Waals surface area contributed by atoms with Crippen molar-refractivity contribution in [2.45, 2.75) is 57.2 Å². The van der Waals surface area contributed by atoms with Gasteiger partial charge in [0, 0.05) is 35.2 Å². The molecule has 0 saturated carbocycles. The van der Waals surface area contributed by atoms with Crippen molar-refractivity contribution >= 4 is 11.6 Å². The fourth-order valence-corrected chi connectivity index (χ4v) is 4.89. The van der Waals surface area contributed by atoms with E-state index in [1.165, 1.54) is 24.3 Å². The number of pyridine rings is 1. The maximum atomic E-state index is 14.1. The van der Waals surface area contributed by atoms with Crippen molar-refractivity contribution in [2.75, 3.05) is 4.90 Å². The maximum Gasteiger partial charge on any atom is 0.433 e. The Morgan fingerprint density at radius 2 is 1.50 bits per heavy atom. The zero-order valence-electron chi connectivity index (χ0n) is 20.2. The molecule has 4 rings (SSSR count). The van der Waals surface area contributed by atoms with Crippen LogP contribution >= 0.6 is 0 Å². The number of aromatic nitrogens is 1. The van der Waals surface area contributed by atoms with Crippen LogP contribution in [0.5, 0.6) is 0 Å². The van der Waals surface area contributed by atoms with Crippen LogP contribution in [0.15, 0.2) is 72.8 Å². The molecule has 190 valence electrons. The Labute approximate surface area is 207 Å². The highest BCUT2D eigenvalue weighted by atomic mass is 19.4. The Kier molecular flexibility index (Phi) is 6.66. The molecule has 0 spiro atoms. The van der Waals surface area contributed by atoms with Crippen LogP contribution in [-0.2, 0) is 22.3 Å². The first-order chi connectivity index (χ1) is 16.8. The molecule has 0 unspecified atom stereocenters. The van der Waals surface area contributed by atoms with Gasteiger partial charge in [0.05, 0.1) is 6.04 Å². The van der Waals surface area contributed by atoms with Gasteiger partial charge >= 0.3 is 6.18 Å². The summed E-state index contributed by atoms with van der Waals surface area (Å²) in [6.07, 6.45) is -3.98. The molecule has 0 aliphatic carbocycles. The van der Waals surface area contributed by atoms with Crippen molar-refractivity contribution in [1.82, 2.24) is 4.98 Å². The highest BCUT2D eigenvalue weighted by Crippen LogP contribution is 2.45. The molecule has 1 saturated heterocycles. The number of anilines is 1. The van der Waals surface area contributed by atoms with Gasteiger partial charge in [0.1, 0.15) is 5.69 Å². The van der Waals surface area contributed by atoms with Crippen LogP contribution in [0.4, 0.5) is 27.6 Å². The SMILES string of the molecule is CC(F)(F)c1cccc([C@H]2C[C@@H](CC(C)(C)c3cccc(C(F)(F)F)n3)C(=O)N2c2ccccc2)c1. The van der Waals surface area contributed by atoms with Gasteiger partial charge in [0.15, 0.2) is 0 Å². The lowest BCUT2D eigenvalue weighted by Gasteiger charge is -2.28. The molecular formula is C28H27F5N2O. The third-order valence-electron chi connectivity index (χ3n) is 6.71. The summed E-state index contributed by atoms with van der Waals surface area (Å²) in [5.41, 5.74) is -0.490. The Morgan fingerprint density at radius 1 is 0.861 bits per heavy atom. The van der Waals surface area contributed by atoms with Gasteiger partial charge in [-0.2, -0.15) is 13.2 Å². The monoisotopic (exact) mass is 502 g/mol. The summed E-state index contributed by atoms with van der Waals surface area (Å²) in [4.78, 5) is 19.1. The van der Waals surface area contributed by atoms with Crippen LogP contribution in [-0.4, -0.2) is 10.9 Å². The van der Waals surface area contributed by atoms with E-state index in [1.54, 1.807) is 55.1 Å². The standard InChI is InChI=1S/C28H27F5N2O/c1-26(2,23-13-8-14-24(34-23)28(31,32)33)17-19-16-22(18-9-7-10-20(15-18)27(3,29)30)35(25(19)36)21-11-5-4-6-12-21/h4-15,19,22H,16-17H2,1-3H3/t19-,22+/m0/s1. The molecule has 0 radical (unpaired) electrons. The van der Waals surface area contributed by atoms with E-state index in [0.29, 0.717) is 17.7 Å². The Morgan fingerprint density at radius 3 is 2.14 bits per heavy atom. The number of carbonyl (C=O) groups is 1. The van der Waals surface area contributed by atoms with E-state index in [9.17, 15) is 26.7 Å². The summed E-state index contributed by atoms with van der Waals surface area (Å²) in [6, 6.07) is 18.3. The van der Waals surface area contributed by atoms with Crippen molar-refractivity contribution in [3.63, 3.8) is 0 Å². The van der Waals surface area contributed by atoms with Crippen LogP contribution in [0.25, 0.3) is 0 Å². The fraction of sp³-hybridized carbons (Fsp3) is 0.357. The van der Waals surface area contributed by atoms with Crippen LogP contribution < -0.4 is 4.90 Å². The lowest BCUT2D eigenvalue weighted by molar-refractivity contribution is -0.141. The summed E-state index contributed by atoms with van der Waals surface area (Å²) < 4.78 is 67.8. The number of alkyl halides is 5. The molecule has 2 atom stereocenters. The van der Waals surface area contributed by atoms with E-state index in [0.717, 1.165) is 13.0 Å². The second-order valence-electron chi connectivity index (χ2n) is 10.00. The van der Waals surface area contributed by atoms with Crippen LogP contribution in [0.3, 0.4) is 0 Å². The van der Waals surface area contributed by atoms with Crippen molar-refractivity contribution in [3.05, 3.63) is 95.3 Å². The lowest BCUT2D eigenvalue weighted by atomic mass is 9.78. The van der Waals surface area contributed by atoms with E-state index in [4.69, 9.17) is 0 Å².